The first-order valence-corrected chi connectivity index (χ1v) is 6.49. The van der Waals surface area contributed by atoms with E-state index in [0.717, 1.165) is 0 Å². The van der Waals surface area contributed by atoms with Crippen LogP contribution in [0.2, 0.25) is 0 Å². The molecule has 0 aliphatic heterocycles. The highest BCUT2D eigenvalue weighted by molar-refractivity contribution is 9.10. The highest BCUT2D eigenvalue weighted by atomic mass is 79.9. The molecule has 0 saturated carbocycles. The van der Waals surface area contributed by atoms with Gasteiger partial charge in [0, 0.05) is 10.0 Å². The lowest BCUT2D eigenvalue weighted by molar-refractivity contribution is 0.0600. The lowest BCUT2D eigenvalue weighted by Crippen LogP contribution is -2.09. The van der Waals surface area contributed by atoms with Gasteiger partial charge in [0.15, 0.2) is 0 Å². The Balaban J connectivity index is 2.83. The molecule has 0 spiro atoms. The molecule has 0 amide bonds. The number of nitriles is 1. The van der Waals surface area contributed by atoms with Crippen molar-refractivity contribution >= 4 is 33.7 Å². The Bertz CT molecular complexity index is 770. The Morgan fingerprint density at radius 1 is 1.38 bits per heavy atom. The molecule has 8 heteroatoms. The van der Waals surface area contributed by atoms with Crippen molar-refractivity contribution in [1.29, 1.82) is 5.26 Å². The van der Waals surface area contributed by atoms with Crippen molar-refractivity contribution in [3.8, 4) is 17.3 Å². The minimum absolute atomic E-state index is 0.0456. The summed E-state index contributed by atoms with van der Waals surface area (Å²) in [5, 5.41) is 9.23. The van der Waals surface area contributed by atoms with Gasteiger partial charge in [0.1, 0.15) is 17.5 Å². The smallest absolute Gasteiger partial charge is 0.339 e. The Kier molecular flexibility index (Phi) is 4.05. The van der Waals surface area contributed by atoms with Gasteiger partial charge >= 0.3 is 5.97 Å². The molecule has 0 atom stereocenters. The molecule has 106 valence electrons. The Morgan fingerprint density at radius 3 is 2.71 bits per heavy atom. The average molecular weight is 348 g/mol. The van der Waals surface area contributed by atoms with E-state index < -0.39 is 5.97 Å². The number of nitrogens with two attached hydrogens (primary N) is 2. The lowest BCUT2D eigenvalue weighted by Gasteiger charge is -2.11. The second-order valence-corrected chi connectivity index (χ2v) is 4.81. The molecule has 0 aliphatic carbocycles. The van der Waals surface area contributed by atoms with Crippen LogP contribution in [-0.2, 0) is 4.74 Å². The van der Waals surface area contributed by atoms with Crippen LogP contribution < -0.4 is 11.5 Å². The Morgan fingerprint density at radius 2 is 2.10 bits per heavy atom. The number of carbonyl (C=O) groups is 1. The number of anilines is 2. The number of ether oxygens (including phenoxy) is 1. The molecule has 0 unspecified atom stereocenters. The zero-order valence-electron chi connectivity index (χ0n) is 10.9. The fourth-order valence-electron chi connectivity index (χ4n) is 1.83. The van der Waals surface area contributed by atoms with Crippen molar-refractivity contribution in [2.75, 3.05) is 18.6 Å². The van der Waals surface area contributed by atoms with E-state index in [4.69, 9.17) is 16.2 Å². The van der Waals surface area contributed by atoms with Crippen LogP contribution in [-0.4, -0.2) is 23.0 Å². The van der Waals surface area contributed by atoms with E-state index in [-0.39, 0.29) is 28.6 Å². The third-order valence-electron chi connectivity index (χ3n) is 2.72. The van der Waals surface area contributed by atoms with Crippen molar-refractivity contribution in [2.24, 2.45) is 0 Å². The fourth-order valence-corrected chi connectivity index (χ4v) is 2.36. The summed E-state index contributed by atoms with van der Waals surface area (Å²) in [6, 6.07) is 6.92. The summed E-state index contributed by atoms with van der Waals surface area (Å²) in [4.78, 5) is 19.7. The molecular formula is C13H10BrN5O2. The molecule has 0 bridgehead atoms. The molecule has 21 heavy (non-hydrogen) atoms. The van der Waals surface area contributed by atoms with Crippen molar-refractivity contribution in [3.05, 3.63) is 33.8 Å². The average Bonchev–Trinajstić information content (AvgIpc) is 2.45. The summed E-state index contributed by atoms with van der Waals surface area (Å²) in [7, 11) is 1.26. The maximum Gasteiger partial charge on any atom is 0.339 e. The van der Waals surface area contributed by atoms with Gasteiger partial charge in [0.2, 0.25) is 5.95 Å². The summed E-state index contributed by atoms with van der Waals surface area (Å²) in [5.74, 6) is -0.704. The molecule has 2 rings (SSSR count). The van der Waals surface area contributed by atoms with Gasteiger partial charge in [0.25, 0.3) is 0 Å². The first-order chi connectivity index (χ1) is 9.99. The number of rotatable bonds is 2. The number of halogens is 1. The van der Waals surface area contributed by atoms with E-state index in [0.29, 0.717) is 10.0 Å². The number of methoxy groups -OCH3 is 1. The van der Waals surface area contributed by atoms with Crippen LogP contribution in [0.15, 0.2) is 22.7 Å². The number of hydrogen-bond donors (Lipinski definition) is 2. The van der Waals surface area contributed by atoms with Crippen LogP contribution in [0, 0.1) is 11.3 Å². The topological polar surface area (TPSA) is 128 Å². The number of aromatic nitrogens is 2. The number of benzene rings is 1. The molecule has 4 N–H and O–H groups in total. The minimum atomic E-state index is -0.572. The van der Waals surface area contributed by atoms with E-state index >= 15 is 0 Å². The summed E-state index contributed by atoms with van der Waals surface area (Å²) in [6.45, 7) is 0. The molecule has 0 saturated heterocycles. The van der Waals surface area contributed by atoms with E-state index in [1.165, 1.54) is 7.11 Å². The molecule has 7 nitrogen and oxygen atoms in total. The minimum Gasteiger partial charge on any atom is -0.465 e. The maximum atomic E-state index is 12.0. The summed E-state index contributed by atoms with van der Waals surface area (Å²) < 4.78 is 5.26. The highest BCUT2D eigenvalue weighted by Gasteiger charge is 2.22. The molecular weight excluding hydrogens is 338 g/mol. The van der Waals surface area contributed by atoms with Crippen molar-refractivity contribution < 1.29 is 9.53 Å². The predicted molar refractivity (Wildman–Crippen MR) is 80.0 cm³/mol. The van der Waals surface area contributed by atoms with Crippen LogP contribution in [0.1, 0.15) is 15.9 Å². The van der Waals surface area contributed by atoms with Gasteiger partial charge in [-0.1, -0.05) is 12.1 Å². The SMILES string of the molecule is COC(=O)c1c(Br)cccc1-c1nc(N)nc(N)c1C#N. The van der Waals surface area contributed by atoms with Crippen LogP contribution in [0.4, 0.5) is 11.8 Å². The van der Waals surface area contributed by atoms with E-state index in [1.54, 1.807) is 18.2 Å². The summed E-state index contributed by atoms with van der Waals surface area (Å²) in [6.07, 6.45) is 0. The fraction of sp³-hybridized carbons (Fsp3) is 0.0769. The molecule has 0 radical (unpaired) electrons. The normalized spacial score (nSPS) is 9.95. The third-order valence-corrected chi connectivity index (χ3v) is 3.39. The van der Waals surface area contributed by atoms with Gasteiger partial charge in [0.05, 0.1) is 18.4 Å². The number of nitrogens with zero attached hydrogens (tertiary/aromatic N) is 3. The summed E-state index contributed by atoms with van der Waals surface area (Å²) >= 11 is 3.28. The van der Waals surface area contributed by atoms with Crippen molar-refractivity contribution in [3.63, 3.8) is 0 Å². The molecule has 2 aromatic rings. The number of hydrogen-bond acceptors (Lipinski definition) is 7. The Hall–Kier alpha value is -2.66. The molecule has 1 heterocycles. The first kappa shape index (κ1) is 14.7. The van der Waals surface area contributed by atoms with E-state index in [1.807, 2.05) is 6.07 Å². The van der Waals surface area contributed by atoms with Crippen molar-refractivity contribution in [2.45, 2.75) is 0 Å². The zero-order valence-corrected chi connectivity index (χ0v) is 12.5. The first-order valence-electron chi connectivity index (χ1n) is 5.69. The third kappa shape index (κ3) is 2.64. The van der Waals surface area contributed by atoms with Gasteiger partial charge in [-0.25, -0.2) is 9.78 Å². The van der Waals surface area contributed by atoms with Crippen LogP contribution in [0.5, 0.6) is 0 Å². The molecule has 0 aliphatic rings. The van der Waals surface area contributed by atoms with E-state index in [2.05, 4.69) is 25.9 Å². The van der Waals surface area contributed by atoms with Gasteiger partial charge in [-0.15, -0.1) is 0 Å². The standard InChI is InChI=1S/C13H10BrN5O2/c1-21-12(20)9-6(3-2-4-8(9)14)10-7(5-15)11(16)19-13(17)18-10/h2-4H,1H3,(H4,16,17,18,19). The predicted octanol–water partition coefficient (Wildman–Crippen LogP) is 1.73. The second-order valence-electron chi connectivity index (χ2n) is 3.96. The second kappa shape index (κ2) is 5.76. The number of carbonyl (C=O) groups excluding carboxylic acids is 1. The van der Waals surface area contributed by atoms with Gasteiger partial charge in [-0.2, -0.15) is 10.2 Å². The quantitative estimate of drug-likeness (QED) is 0.791. The Labute approximate surface area is 128 Å². The lowest BCUT2D eigenvalue weighted by atomic mass is 10.0. The zero-order chi connectivity index (χ0) is 15.6. The van der Waals surface area contributed by atoms with Gasteiger partial charge in [-0.3, -0.25) is 0 Å². The highest BCUT2D eigenvalue weighted by Crippen LogP contribution is 2.32. The van der Waals surface area contributed by atoms with E-state index in [9.17, 15) is 10.1 Å². The molecule has 1 aromatic heterocycles. The van der Waals surface area contributed by atoms with Gasteiger partial charge < -0.3 is 16.2 Å². The van der Waals surface area contributed by atoms with Crippen molar-refractivity contribution in [1.82, 2.24) is 9.97 Å². The maximum absolute atomic E-state index is 12.0. The molecule has 0 fully saturated rings. The largest absolute Gasteiger partial charge is 0.465 e. The number of esters is 1. The van der Waals surface area contributed by atoms with Crippen LogP contribution in [0.3, 0.4) is 0 Å². The summed E-state index contributed by atoms with van der Waals surface area (Å²) in [5.41, 5.74) is 12.1. The van der Waals surface area contributed by atoms with Crippen LogP contribution >= 0.6 is 15.9 Å². The van der Waals surface area contributed by atoms with Crippen LogP contribution in [0.25, 0.3) is 11.3 Å². The monoisotopic (exact) mass is 347 g/mol. The molecule has 1 aromatic carbocycles. The number of nitrogen functional groups attached to an aromatic ring is 2. The van der Waals surface area contributed by atoms with Gasteiger partial charge in [-0.05, 0) is 22.0 Å².